The molecule has 1 aliphatic heterocycles. The molecule has 2 N–H and O–H groups in total. The zero-order valence-electron chi connectivity index (χ0n) is 12.5. The Labute approximate surface area is 121 Å². The summed E-state index contributed by atoms with van der Waals surface area (Å²) in [5.41, 5.74) is 7.95. The first-order valence-corrected chi connectivity index (χ1v) is 9.05. The van der Waals surface area contributed by atoms with Gasteiger partial charge in [-0.1, -0.05) is 13.8 Å². The molecule has 0 aromatic heterocycles. The third kappa shape index (κ3) is 2.77. The molecule has 2 rings (SSSR count). The summed E-state index contributed by atoms with van der Waals surface area (Å²) in [6.45, 7) is 6.47. The second-order valence-corrected chi connectivity index (χ2v) is 7.89. The van der Waals surface area contributed by atoms with Crippen LogP contribution in [0.5, 0.6) is 0 Å². The molecular weight excluding hydrogens is 272 g/mol. The summed E-state index contributed by atoms with van der Waals surface area (Å²) < 4.78 is 23.1. The van der Waals surface area contributed by atoms with Crippen molar-refractivity contribution in [2.24, 2.45) is 5.41 Å². The Morgan fingerprint density at radius 2 is 1.95 bits per heavy atom. The van der Waals surface area contributed by atoms with E-state index in [1.54, 1.807) is 12.1 Å². The fourth-order valence-electron chi connectivity index (χ4n) is 3.02. The van der Waals surface area contributed by atoms with Gasteiger partial charge in [-0.25, -0.2) is 8.42 Å². The molecule has 0 radical (unpaired) electrons. The van der Waals surface area contributed by atoms with E-state index in [0.29, 0.717) is 11.1 Å². The summed E-state index contributed by atoms with van der Waals surface area (Å²) >= 11 is 0. The lowest BCUT2D eigenvalue weighted by molar-refractivity contribution is 0.301. The van der Waals surface area contributed by atoms with Crippen LogP contribution in [0, 0.1) is 5.41 Å². The van der Waals surface area contributed by atoms with Crippen molar-refractivity contribution in [2.45, 2.75) is 38.0 Å². The van der Waals surface area contributed by atoms with Crippen molar-refractivity contribution in [2.75, 3.05) is 30.0 Å². The number of nitrogen functional groups attached to an aromatic ring is 1. The summed E-state index contributed by atoms with van der Waals surface area (Å²) in [6.07, 6.45) is 4.71. The minimum absolute atomic E-state index is 0.287. The second kappa shape index (κ2) is 5.28. The summed E-state index contributed by atoms with van der Waals surface area (Å²) in [6, 6.07) is 5.06. The molecule has 112 valence electrons. The molecule has 1 heterocycles. The highest BCUT2D eigenvalue weighted by Crippen LogP contribution is 2.40. The van der Waals surface area contributed by atoms with Gasteiger partial charge in [0.15, 0.2) is 9.84 Å². The summed E-state index contributed by atoms with van der Waals surface area (Å²) in [5.74, 6) is 0. The van der Waals surface area contributed by atoms with E-state index in [1.807, 2.05) is 6.07 Å². The minimum Gasteiger partial charge on any atom is -0.397 e. The number of anilines is 2. The molecule has 0 spiro atoms. The van der Waals surface area contributed by atoms with Gasteiger partial charge in [0.2, 0.25) is 0 Å². The smallest absolute Gasteiger partial charge is 0.175 e. The maximum atomic E-state index is 11.5. The molecule has 0 bridgehead atoms. The van der Waals surface area contributed by atoms with E-state index in [4.69, 9.17) is 5.73 Å². The molecule has 0 amide bonds. The van der Waals surface area contributed by atoms with Gasteiger partial charge in [-0.05, 0) is 42.9 Å². The lowest BCUT2D eigenvalue weighted by atomic mass is 9.82. The van der Waals surface area contributed by atoms with Gasteiger partial charge in [0.05, 0.1) is 16.3 Å². The van der Waals surface area contributed by atoms with Crippen LogP contribution in [0.25, 0.3) is 0 Å². The van der Waals surface area contributed by atoms with Crippen molar-refractivity contribution in [3.8, 4) is 0 Å². The Balaban J connectivity index is 2.28. The zero-order valence-corrected chi connectivity index (χ0v) is 13.3. The van der Waals surface area contributed by atoms with Crippen molar-refractivity contribution < 1.29 is 8.42 Å². The molecule has 20 heavy (non-hydrogen) atoms. The van der Waals surface area contributed by atoms with Crippen molar-refractivity contribution >= 4 is 21.2 Å². The van der Waals surface area contributed by atoms with Gasteiger partial charge < -0.3 is 10.6 Å². The summed E-state index contributed by atoms with van der Waals surface area (Å²) in [5, 5.41) is 0. The maximum Gasteiger partial charge on any atom is 0.175 e. The molecule has 0 unspecified atom stereocenters. The molecule has 4 nitrogen and oxygen atoms in total. The first kappa shape index (κ1) is 15.2. The highest BCUT2D eigenvalue weighted by molar-refractivity contribution is 7.90. The number of sulfone groups is 1. The normalized spacial score (nSPS) is 18.4. The minimum atomic E-state index is -3.20. The van der Waals surface area contributed by atoms with Crippen LogP contribution >= 0.6 is 0 Å². The molecule has 0 aliphatic carbocycles. The largest absolute Gasteiger partial charge is 0.397 e. The van der Waals surface area contributed by atoms with E-state index < -0.39 is 9.84 Å². The van der Waals surface area contributed by atoms with Gasteiger partial charge in [-0.3, -0.25) is 0 Å². The third-order valence-corrected chi connectivity index (χ3v) is 5.82. The van der Waals surface area contributed by atoms with E-state index in [-0.39, 0.29) is 4.90 Å². The number of nitrogens with zero attached hydrogens (tertiary/aromatic N) is 1. The summed E-state index contributed by atoms with van der Waals surface area (Å²) in [7, 11) is -3.20. The first-order valence-electron chi connectivity index (χ1n) is 7.16. The van der Waals surface area contributed by atoms with E-state index in [2.05, 4.69) is 18.7 Å². The lowest BCUT2D eigenvalue weighted by Crippen LogP contribution is -2.26. The van der Waals surface area contributed by atoms with Crippen molar-refractivity contribution in [3.63, 3.8) is 0 Å². The molecule has 0 atom stereocenters. The van der Waals surface area contributed by atoms with E-state index >= 15 is 0 Å². The van der Waals surface area contributed by atoms with Gasteiger partial charge in [0, 0.05) is 19.3 Å². The number of rotatable bonds is 4. The van der Waals surface area contributed by atoms with Gasteiger partial charge in [-0.2, -0.15) is 0 Å². The summed E-state index contributed by atoms with van der Waals surface area (Å²) in [4.78, 5) is 2.57. The second-order valence-electron chi connectivity index (χ2n) is 5.87. The van der Waals surface area contributed by atoms with Gasteiger partial charge in [-0.15, -0.1) is 0 Å². The van der Waals surface area contributed by atoms with E-state index in [9.17, 15) is 8.42 Å². The Bertz CT molecular complexity index is 592. The molecule has 1 aliphatic rings. The number of benzene rings is 1. The molecule has 0 saturated carbocycles. The quantitative estimate of drug-likeness (QED) is 0.868. The number of nitrogens with two attached hydrogens (primary N) is 1. The van der Waals surface area contributed by atoms with Crippen LogP contribution in [0.2, 0.25) is 0 Å². The predicted octanol–water partition coefficient (Wildman–Crippen LogP) is 2.69. The average Bonchev–Trinajstić information content (AvgIpc) is 2.82. The van der Waals surface area contributed by atoms with Crippen LogP contribution in [-0.2, 0) is 9.84 Å². The fourth-order valence-corrected chi connectivity index (χ4v) is 3.68. The highest BCUT2D eigenvalue weighted by atomic mass is 32.2. The van der Waals surface area contributed by atoms with Crippen molar-refractivity contribution in [1.82, 2.24) is 0 Å². The van der Waals surface area contributed by atoms with Gasteiger partial charge in [0.25, 0.3) is 0 Å². The van der Waals surface area contributed by atoms with Crippen molar-refractivity contribution in [3.05, 3.63) is 18.2 Å². The van der Waals surface area contributed by atoms with Crippen LogP contribution in [0.3, 0.4) is 0 Å². The van der Waals surface area contributed by atoms with Gasteiger partial charge >= 0.3 is 0 Å². The Morgan fingerprint density at radius 1 is 1.30 bits per heavy atom. The lowest BCUT2D eigenvalue weighted by Gasteiger charge is -2.27. The van der Waals surface area contributed by atoms with Gasteiger partial charge in [0.1, 0.15) is 0 Å². The number of hydrogen-bond donors (Lipinski definition) is 1. The Hall–Kier alpha value is -1.23. The molecule has 5 heteroatoms. The van der Waals surface area contributed by atoms with Crippen molar-refractivity contribution in [1.29, 1.82) is 0 Å². The monoisotopic (exact) mass is 296 g/mol. The Kier molecular flexibility index (Phi) is 4.00. The van der Waals surface area contributed by atoms with Crippen LogP contribution in [0.4, 0.5) is 11.4 Å². The first-order chi connectivity index (χ1) is 9.31. The molecule has 1 saturated heterocycles. The highest BCUT2D eigenvalue weighted by Gasteiger charge is 2.35. The predicted molar refractivity (Wildman–Crippen MR) is 83.8 cm³/mol. The van der Waals surface area contributed by atoms with E-state index in [0.717, 1.165) is 18.8 Å². The fraction of sp³-hybridized carbons (Fsp3) is 0.600. The standard InChI is InChI=1S/C15H24N2O2S/c1-4-15(5-2)8-9-17(11-15)14-7-6-12(10-13(14)16)20(3,18)19/h6-7,10H,4-5,8-9,11,16H2,1-3H3. The van der Waals surface area contributed by atoms with Crippen LogP contribution in [0.15, 0.2) is 23.1 Å². The third-order valence-electron chi connectivity index (χ3n) is 4.71. The van der Waals surface area contributed by atoms with E-state index in [1.165, 1.54) is 25.5 Å². The topological polar surface area (TPSA) is 63.4 Å². The maximum absolute atomic E-state index is 11.5. The SMILES string of the molecule is CCC1(CC)CCN(c2ccc(S(C)(=O)=O)cc2N)C1. The molecule has 1 aromatic carbocycles. The molecular formula is C15H24N2O2S. The molecule has 1 fully saturated rings. The van der Waals surface area contributed by atoms with Crippen LogP contribution < -0.4 is 10.6 Å². The molecule has 1 aromatic rings. The zero-order chi connectivity index (χ0) is 15.0. The van der Waals surface area contributed by atoms with Crippen LogP contribution in [-0.4, -0.2) is 27.8 Å². The Morgan fingerprint density at radius 3 is 2.40 bits per heavy atom. The van der Waals surface area contributed by atoms with Crippen LogP contribution in [0.1, 0.15) is 33.1 Å². The number of hydrogen-bond acceptors (Lipinski definition) is 4. The average molecular weight is 296 g/mol.